The molecule has 8 heteroatoms. The molecule has 2 heterocycles. The molecule has 0 fully saturated rings. The van der Waals surface area contributed by atoms with Crippen LogP contribution in [-0.4, -0.2) is 28.8 Å². The number of methoxy groups -OCH3 is 2. The number of rotatable bonds is 7. The Hall–Kier alpha value is -4.17. The van der Waals surface area contributed by atoms with Crippen molar-refractivity contribution in [1.29, 1.82) is 0 Å². The number of aromatic nitrogens is 3. The maximum atomic E-state index is 12.9. The fraction of sp³-hybridized carbons (Fsp3) is 0.115. The van der Waals surface area contributed by atoms with Crippen LogP contribution >= 0.6 is 11.3 Å². The molecule has 0 unspecified atom stereocenters. The number of hydrogen-bond donors (Lipinski definition) is 0. The quantitative estimate of drug-likeness (QED) is 0.358. The van der Waals surface area contributed by atoms with Gasteiger partial charge in [-0.3, -0.25) is 4.79 Å². The average molecular weight is 472 g/mol. The summed E-state index contributed by atoms with van der Waals surface area (Å²) < 4.78 is 18.5. The number of thiazole rings is 1. The maximum absolute atomic E-state index is 12.9. The minimum Gasteiger partial charge on any atom is -0.497 e. The van der Waals surface area contributed by atoms with Gasteiger partial charge in [-0.2, -0.15) is 9.50 Å². The first kappa shape index (κ1) is 21.7. The molecular formula is C26H21N3O4S. The van der Waals surface area contributed by atoms with Crippen molar-refractivity contribution in [2.75, 3.05) is 14.2 Å². The molecule has 0 spiro atoms. The van der Waals surface area contributed by atoms with Gasteiger partial charge in [0.1, 0.15) is 12.4 Å². The fourth-order valence-corrected chi connectivity index (χ4v) is 4.38. The summed E-state index contributed by atoms with van der Waals surface area (Å²) >= 11 is 1.29. The second-order valence-corrected chi connectivity index (χ2v) is 8.47. The molecule has 0 radical (unpaired) electrons. The highest BCUT2D eigenvalue weighted by Crippen LogP contribution is 2.29. The predicted octanol–water partition coefficient (Wildman–Crippen LogP) is 3.96. The average Bonchev–Trinajstić information content (AvgIpc) is 3.43. The van der Waals surface area contributed by atoms with Gasteiger partial charge in [-0.05, 0) is 53.6 Å². The summed E-state index contributed by atoms with van der Waals surface area (Å²) in [6.45, 7) is 0.440. The van der Waals surface area contributed by atoms with Crippen LogP contribution in [0.2, 0.25) is 0 Å². The molecule has 170 valence electrons. The molecule has 0 atom stereocenters. The molecule has 0 bridgehead atoms. The molecule has 0 amide bonds. The van der Waals surface area contributed by atoms with Crippen LogP contribution in [0.15, 0.2) is 77.6 Å². The third kappa shape index (κ3) is 4.35. The summed E-state index contributed by atoms with van der Waals surface area (Å²) in [5.41, 5.74) is 2.49. The van der Waals surface area contributed by atoms with Gasteiger partial charge in [0.25, 0.3) is 5.56 Å². The first-order valence-electron chi connectivity index (χ1n) is 10.5. The fourth-order valence-electron chi connectivity index (χ4n) is 3.48. The van der Waals surface area contributed by atoms with E-state index in [1.54, 1.807) is 20.3 Å². The Bertz CT molecular complexity index is 1540. The molecule has 2 aromatic heterocycles. The molecular weight excluding hydrogens is 450 g/mol. The van der Waals surface area contributed by atoms with E-state index in [0.29, 0.717) is 33.4 Å². The molecule has 0 aliphatic heterocycles. The van der Waals surface area contributed by atoms with Crippen molar-refractivity contribution in [3.8, 4) is 28.6 Å². The van der Waals surface area contributed by atoms with E-state index in [4.69, 9.17) is 14.2 Å². The Labute approximate surface area is 199 Å². The Balaban J connectivity index is 1.41. The number of ether oxygens (including phenoxy) is 3. The molecule has 0 aliphatic carbocycles. The van der Waals surface area contributed by atoms with E-state index in [1.807, 2.05) is 72.8 Å². The molecule has 0 saturated heterocycles. The van der Waals surface area contributed by atoms with Gasteiger partial charge >= 0.3 is 0 Å². The van der Waals surface area contributed by atoms with Gasteiger partial charge in [0.2, 0.25) is 4.96 Å². The number of nitrogens with zero attached hydrogens (tertiary/aromatic N) is 3. The van der Waals surface area contributed by atoms with Gasteiger partial charge in [0.15, 0.2) is 17.3 Å². The predicted molar refractivity (Wildman–Crippen MR) is 132 cm³/mol. The Morgan fingerprint density at radius 3 is 2.44 bits per heavy atom. The number of hydrogen-bond acceptors (Lipinski definition) is 7. The van der Waals surface area contributed by atoms with Crippen LogP contribution in [-0.2, 0) is 6.61 Å². The Morgan fingerprint density at radius 2 is 1.74 bits per heavy atom. The second kappa shape index (κ2) is 9.36. The van der Waals surface area contributed by atoms with Crippen LogP contribution in [0.4, 0.5) is 0 Å². The van der Waals surface area contributed by atoms with Crippen LogP contribution in [0.25, 0.3) is 22.4 Å². The third-order valence-electron chi connectivity index (χ3n) is 5.25. The summed E-state index contributed by atoms with van der Waals surface area (Å²) in [4.78, 5) is 18.0. The number of fused-ring (bicyclic) bond motifs is 1. The van der Waals surface area contributed by atoms with Crippen molar-refractivity contribution in [1.82, 2.24) is 14.6 Å². The highest BCUT2D eigenvalue weighted by Gasteiger charge is 2.13. The second-order valence-electron chi connectivity index (χ2n) is 7.46. The lowest BCUT2D eigenvalue weighted by Crippen LogP contribution is -2.23. The van der Waals surface area contributed by atoms with E-state index < -0.39 is 0 Å². The van der Waals surface area contributed by atoms with Crippen molar-refractivity contribution in [2.24, 2.45) is 0 Å². The van der Waals surface area contributed by atoms with Crippen LogP contribution in [0.5, 0.6) is 17.2 Å². The van der Waals surface area contributed by atoms with Crippen molar-refractivity contribution in [3.05, 3.63) is 98.8 Å². The zero-order valence-electron chi connectivity index (χ0n) is 18.6. The highest BCUT2D eigenvalue weighted by atomic mass is 32.1. The maximum Gasteiger partial charge on any atom is 0.291 e. The van der Waals surface area contributed by atoms with E-state index in [0.717, 1.165) is 22.4 Å². The highest BCUT2D eigenvalue weighted by molar-refractivity contribution is 7.15. The summed E-state index contributed by atoms with van der Waals surface area (Å²) in [6.07, 6.45) is 1.81. The molecule has 34 heavy (non-hydrogen) atoms. The lowest BCUT2D eigenvalue weighted by Gasteiger charge is -2.11. The van der Waals surface area contributed by atoms with E-state index in [-0.39, 0.29) is 5.56 Å². The van der Waals surface area contributed by atoms with Crippen molar-refractivity contribution in [3.63, 3.8) is 0 Å². The largest absolute Gasteiger partial charge is 0.497 e. The van der Waals surface area contributed by atoms with Gasteiger partial charge in [0.05, 0.1) is 18.8 Å². The molecule has 7 nitrogen and oxygen atoms in total. The van der Waals surface area contributed by atoms with E-state index in [1.165, 1.54) is 15.9 Å². The van der Waals surface area contributed by atoms with Gasteiger partial charge in [-0.1, -0.05) is 47.7 Å². The van der Waals surface area contributed by atoms with E-state index >= 15 is 0 Å². The summed E-state index contributed by atoms with van der Waals surface area (Å²) in [5.74, 6) is 2.48. The first-order valence-corrected chi connectivity index (χ1v) is 11.4. The summed E-state index contributed by atoms with van der Waals surface area (Å²) in [6, 6.07) is 22.9. The molecule has 3 aromatic carbocycles. The minimum atomic E-state index is -0.212. The normalized spacial score (nSPS) is 11.6. The lowest BCUT2D eigenvalue weighted by molar-refractivity contribution is 0.284. The molecule has 5 aromatic rings. The van der Waals surface area contributed by atoms with Crippen LogP contribution in [0, 0.1) is 0 Å². The topological polar surface area (TPSA) is 75.0 Å². The smallest absolute Gasteiger partial charge is 0.291 e. The van der Waals surface area contributed by atoms with E-state index in [2.05, 4.69) is 10.1 Å². The van der Waals surface area contributed by atoms with Crippen molar-refractivity contribution >= 4 is 22.4 Å². The van der Waals surface area contributed by atoms with Crippen LogP contribution in [0.3, 0.4) is 0 Å². The standard InChI is InChI=1S/C26H21N3O4S/c1-31-20-11-9-19(10-12-20)24-27-26-29(28-24)25(30)23(34-26)15-18-8-13-21(22(14-18)32-2)33-16-17-6-4-3-5-7-17/h3-15H,16H2,1-2H3. The molecule has 0 aliphatic rings. The van der Waals surface area contributed by atoms with Gasteiger partial charge < -0.3 is 14.2 Å². The van der Waals surface area contributed by atoms with E-state index in [9.17, 15) is 4.79 Å². The zero-order valence-corrected chi connectivity index (χ0v) is 19.4. The van der Waals surface area contributed by atoms with Crippen LogP contribution in [0.1, 0.15) is 11.1 Å². The first-order chi connectivity index (χ1) is 16.6. The van der Waals surface area contributed by atoms with Crippen LogP contribution < -0.4 is 24.3 Å². The van der Waals surface area contributed by atoms with Crippen molar-refractivity contribution < 1.29 is 14.2 Å². The Kier molecular flexibility index (Phi) is 5.97. The Morgan fingerprint density at radius 1 is 0.941 bits per heavy atom. The van der Waals surface area contributed by atoms with Gasteiger partial charge in [-0.25, -0.2) is 0 Å². The van der Waals surface area contributed by atoms with Crippen molar-refractivity contribution in [2.45, 2.75) is 6.61 Å². The minimum absolute atomic E-state index is 0.212. The third-order valence-corrected chi connectivity index (χ3v) is 6.21. The molecule has 5 rings (SSSR count). The van der Waals surface area contributed by atoms with Gasteiger partial charge in [-0.15, -0.1) is 5.10 Å². The summed E-state index contributed by atoms with van der Waals surface area (Å²) in [5, 5.41) is 4.40. The molecule has 0 saturated carbocycles. The van der Waals surface area contributed by atoms with Gasteiger partial charge in [0, 0.05) is 5.56 Å². The molecule has 0 N–H and O–H groups in total. The number of benzene rings is 3. The summed E-state index contributed by atoms with van der Waals surface area (Å²) in [7, 11) is 3.21. The SMILES string of the molecule is COc1ccc(-c2nc3sc(=Cc4ccc(OCc5ccccc5)c(OC)c4)c(=O)n3n2)cc1. The lowest BCUT2D eigenvalue weighted by atomic mass is 10.2. The zero-order chi connectivity index (χ0) is 23.5. The monoisotopic (exact) mass is 471 g/mol.